The van der Waals surface area contributed by atoms with Crippen LogP contribution >= 0.6 is 35.7 Å². The number of hydrogen-bond donors (Lipinski definition) is 2. The fourth-order valence-electron chi connectivity index (χ4n) is 2.84. The highest BCUT2D eigenvalue weighted by Crippen LogP contribution is 2.46. The van der Waals surface area contributed by atoms with E-state index in [2.05, 4.69) is 0 Å². The number of nitrogens with zero attached hydrogens (tertiary/aromatic N) is 2. The number of carboxylic acid groups (broad SMARTS) is 2. The summed E-state index contributed by atoms with van der Waals surface area (Å²) in [5.74, 6) is -3.15. The van der Waals surface area contributed by atoms with E-state index < -0.39 is 30.4 Å². The molecule has 1 fully saturated rings. The molecule has 1 aromatic carbocycles. The highest BCUT2D eigenvalue weighted by molar-refractivity contribution is 8.26. The maximum absolute atomic E-state index is 12.4. The van der Waals surface area contributed by atoms with E-state index in [1.54, 1.807) is 29.2 Å². The van der Waals surface area contributed by atoms with E-state index in [1.807, 2.05) is 0 Å². The van der Waals surface area contributed by atoms with Crippen LogP contribution in [0.5, 0.6) is 0 Å². The summed E-state index contributed by atoms with van der Waals surface area (Å²) in [5, 5.41) is 18.7. The lowest BCUT2D eigenvalue weighted by molar-refractivity contribution is -0.140. The average Bonchev–Trinajstić information content (AvgIpc) is 3.20. The number of thiocarbonyl (C=S) groups is 1. The summed E-state index contributed by atoms with van der Waals surface area (Å²) in [6, 6.07) is 4.99. The Balaban J connectivity index is 1.91. The third-order valence-corrected chi connectivity index (χ3v) is 6.77. The first kappa shape index (κ1) is 22.8. The molecule has 12 heteroatoms. The van der Waals surface area contributed by atoms with Crippen molar-refractivity contribution in [1.82, 2.24) is 4.90 Å². The molecule has 1 saturated heterocycles. The van der Waals surface area contributed by atoms with E-state index >= 15 is 0 Å². The van der Waals surface area contributed by atoms with Crippen LogP contribution in [0.15, 0.2) is 45.2 Å². The molecule has 0 aliphatic carbocycles. The lowest BCUT2D eigenvalue weighted by Gasteiger charge is -2.19. The van der Waals surface area contributed by atoms with Crippen LogP contribution in [0.2, 0.25) is 0 Å². The number of methoxy groups -OCH3 is 1. The molecule has 2 heterocycles. The van der Waals surface area contributed by atoms with Crippen molar-refractivity contribution in [2.75, 3.05) is 25.1 Å². The van der Waals surface area contributed by atoms with Crippen LogP contribution in [-0.4, -0.2) is 63.4 Å². The number of aliphatic carboxylic acids is 2. The molecule has 2 aliphatic rings. The van der Waals surface area contributed by atoms with Crippen LogP contribution in [0.25, 0.3) is 0 Å². The van der Waals surface area contributed by atoms with Gasteiger partial charge < -0.3 is 19.8 Å². The number of benzene rings is 1. The molecule has 0 unspecified atom stereocenters. The van der Waals surface area contributed by atoms with Gasteiger partial charge in [-0.05, 0) is 30.4 Å². The Morgan fingerprint density at radius 1 is 1.13 bits per heavy atom. The normalized spacial score (nSPS) is 18.1. The van der Waals surface area contributed by atoms with Crippen LogP contribution in [0, 0.1) is 0 Å². The number of allylic oxidation sites excluding steroid dienone is 2. The van der Waals surface area contributed by atoms with Crippen LogP contribution in [0.3, 0.4) is 0 Å². The number of anilines is 1. The van der Waals surface area contributed by atoms with Crippen LogP contribution in [-0.2, 0) is 19.1 Å². The van der Waals surface area contributed by atoms with Gasteiger partial charge in [0, 0.05) is 11.4 Å². The smallest absolute Gasteiger partial charge is 0.337 e. The summed E-state index contributed by atoms with van der Waals surface area (Å²) < 4.78 is 4.91. The van der Waals surface area contributed by atoms with Crippen molar-refractivity contribution in [3.8, 4) is 0 Å². The number of rotatable bonds is 7. The minimum absolute atomic E-state index is 0.138. The highest BCUT2D eigenvalue weighted by atomic mass is 32.2. The number of thioether (sulfide) groups is 2. The zero-order valence-electron chi connectivity index (χ0n) is 16.1. The summed E-state index contributed by atoms with van der Waals surface area (Å²) in [7, 11) is 1.28. The van der Waals surface area contributed by atoms with Gasteiger partial charge in [0.25, 0.3) is 5.91 Å². The number of carbonyl (C=O) groups excluding carboxylic acids is 2. The van der Waals surface area contributed by atoms with Crippen LogP contribution < -0.4 is 4.90 Å². The van der Waals surface area contributed by atoms with E-state index in [0.717, 1.165) is 21.6 Å². The summed E-state index contributed by atoms with van der Waals surface area (Å²) in [4.78, 5) is 50.2. The Kier molecular flexibility index (Phi) is 7.03. The molecule has 1 aromatic rings. The lowest BCUT2D eigenvalue weighted by Crippen LogP contribution is -2.33. The number of amides is 1. The fourth-order valence-corrected chi connectivity index (χ4v) is 5.11. The molecular weight excluding hydrogens is 464 g/mol. The van der Waals surface area contributed by atoms with Gasteiger partial charge in [-0.2, -0.15) is 0 Å². The molecule has 31 heavy (non-hydrogen) atoms. The second-order valence-corrected chi connectivity index (χ2v) is 9.00. The van der Waals surface area contributed by atoms with Gasteiger partial charge in [-0.25, -0.2) is 4.79 Å². The molecule has 0 bridgehead atoms. The minimum Gasteiger partial charge on any atom is -0.481 e. The van der Waals surface area contributed by atoms with Crippen molar-refractivity contribution < 1.29 is 34.1 Å². The molecule has 0 atom stereocenters. The third-order valence-electron chi connectivity index (χ3n) is 4.24. The monoisotopic (exact) mass is 480 g/mol. The quantitative estimate of drug-likeness (QED) is 0.340. The van der Waals surface area contributed by atoms with Crippen molar-refractivity contribution in [1.29, 1.82) is 0 Å². The Morgan fingerprint density at radius 3 is 2.52 bits per heavy atom. The van der Waals surface area contributed by atoms with Crippen molar-refractivity contribution in [2.24, 2.45) is 0 Å². The van der Waals surface area contributed by atoms with E-state index in [-0.39, 0.29) is 22.2 Å². The SMILES string of the molecule is COC(=O)c1ccc2c(c1)N(CCC(=O)O)/C(=C/C=C1/SC(=S)N(CC(=O)O)C1=O)S2. The Morgan fingerprint density at radius 2 is 1.87 bits per heavy atom. The second kappa shape index (κ2) is 9.54. The first-order valence-corrected chi connectivity index (χ1v) is 10.8. The van der Waals surface area contributed by atoms with E-state index in [1.165, 1.54) is 24.9 Å². The van der Waals surface area contributed by atoms with Crippen LogP contribution in [0.4, 0.5) is 5.69 Å². The number of fused-ring (bicyclic) bond motifs is 1. The first-order valence-electron chi connectivity index (χ1n) is 8.78. The van der Waals surface area contributed by atoms with Gasteiger partial charge in [-0.3, -0.25) is 19.3 Å². The standard InChI is InChI=1S/C19H16N2O7S3/c1-28-18(27)10-2-3-12-11(8-10)20(7-6-15(22)23)14(30-12)5-4-13-17(26)21(9-16(24)25)19(29)31-13/h2-5,8H,6-7,9H2,1H3,(H,22,23)(H,24,25)/b13-4+,14-5-. The molecule has 3 rings (SSSR count). The predicted octanol–water partition coefficient (Wildman–Crippen LogP) is 2.53. The fraction of sp³-hybridized carbons (Fsp3) is 0.211. The van der Waals surface area contributed by atoms with Crippen molar-refractivity contribution in [3.05, 3.63) is 45.8 Å². The predicted molar refractivity (Wildman–Crippen MR) is 119 cm³/mol. The molecular formula is C19H16N2O7S3. The number of carbonyl (C=O) groups is 4. The summed E-state index contributed by atoms with van der Waals surface area (Å²) in [6.45, 7) is -0.362. The Hall–Kier alpha value is -2.83. The average molecular weight is 481 g/mol. The second-order valence-electron chi connectivity index (χ2n) is 6.26. The zero-order valence-corrected chi connectivity index (χ0v) is 18.5. The van der Waals surface area contributed by atoms with Crippen molar-refractivity contribution in [2.45, 2.75) is 11.3 Å². The molecule has 0 aromatic heterocycles. The molecule has 0 radical (unpaired) electrons. The molecule has 2 aliphatic heterocycles. The zero-order chi connectivity index (χ0) is 22.7. The minimum atomic E-state index is -1.17. The van der Waals surface area contributed by atoms with Gasteiger partial charge in [0.1, 0.15) is 10.9 Å². The molecule has 1 amide bonds. The molecule has 0 spiro atoms. The summed E-state index contributed by atoms with van der Waals surface area (Å²) in [5.41, 5.74) is 0.991. The van der Waals surface area contributed by atoms with E-state index in [9.17, 15) is 19.2 Å². The highest BCUT2D eigenvalue weighted by Gasteiger charge is 2.33. The topological polar surface area (TPSA) is 124 Å². The Bertz CT molecular complexity index is 1050. The van der Waals surface area contributed by atoms with Gasteiger partial charge in [0.15, 0.2) is 0 Å². The Labute approximate surface area is 190 Å². The number of carboxylic acids is 2. The number of hydrogen-bond acceptors (Lipinski definition) is 9. The molecule has 162 valence electrons. The van der Waals surface area contributed by atoms with Crippen molar-refractivity contribution >= 4 is 69.6 Å². The van der Waals surface area contributed by atoms with Gasteiger partial charge in [-0.1, -0.05) is 35.7 Å². The van der Waals surface area contributed by atoms with Gasteiger partial charge in [0.2, 0.25) is 0 Å². The molecule has 0 saturated carbocycles. The van der Waals surface area contributed by atoms with Crippen molar-refractivity contribution in [3.63, 3.8) is 0 Å². The maximum atomic E-state index is 12.4. The maximum Gasteiger partial charge on any atom is 0.337 e. The number of esters is 1. The van der Waals surface area contributed by atoms with Gasteiger partial charge in [-0.15, -0.1) is 0 Å². The van der Waals surface area contributed by atoms with Gasteiger partial charge >= 0.3 is 17.9 Å². The summed E-state index contributed by atoms with van der Waals surface area (Å²) in [6.07, 6.45) is 3.04. The largest absolute Gasteiger partial charge is 0.481 e. The molecule has 2 N–H and O–H groups in total. The van der Waals surface area contributed by atoms with Gasteiger partial charge in [0.05, 0.1) is 34.7 Å². The first-order chi connectivity index (χ1) is 14.7. The van der Waals surface area contributed by atoms with Crippen LogP contribution in [0.1, 0.15) is 16.8 Å². The van der Waals surface area contributed by atoms with E-state index in [0.29, 0.717) is 16.3 Å². The third kappa shape index (κ3) is 5.09. The number of ether oxygens (including phenoxy) is 1. The molecule has 9 nitrogen and oxygen atoms in total. The lowest BCUT2D eigenvalue weighted by atomic mass is 10.2. The van der Waals surface area contributed by atoms with E-state index in [4.69, 9.17) is 27.2 Å². The summed E-state index contributed by atoms with van der Waals surface area (Å²) >= 11 is 7.44.